The van der Waals surface area contributed by atoms with E-state index in [-0.39, 0.29) is 11.6 Å². The fourth-order valence-corrected chi connectivity index (χ4v) is 2.48. The highest BCUT2D eigenvalue weighted by Gasteiger charge is 2.39. The lowest BCUT2D eigenvalue weighted by Crippen LogP contribution is -2.52. The fourth-order valence-electron chi connectivity index (χ4n) is 1.86. The van der Waals surface area contributed by atoms with Crippen LogP contribution in [0.2, 0.25) is 18.1 Å². The molecule has 0 bridgehead atoms. The molecule has 0 radical (unpaired) electrons. The molecule has 0 spiro atoms. The molecule has 1 rings (SSSR count). The van der Waals surface area contributed by atoms with Crippen molar-refractivity contribution >= 4 is 14.4 Å². The molecular formula is C18H33NO5Si. The molecule has 144 valence electrons. The van der Waals surface area contributed by atoms with Crippen LogP contribution in [0.15, 0.2) is 0 Å². The summed E-state index contributed by atoms with van der Waals surface area (Å²) < 4.78 is 16.6. The zero-order valence-electron chi connectivity index (χ0n) is 16.7. The number of aliphatic hydroxyl groups is 1. The van der Waals surface area contributed by atoms with E-state index >= 15 is 0 Å². The number of aliphatic hydroxyl groups excluding tert-OH is 1. The van der Waals surface area contributed by atoms with Crippen molar-refractivity contribution in [2.75, 3.05) is 6.61 Å². The largest absolute Gasteiger partial charge is 0.500 e. The minimum Gasteiger partial charge on any atom is -0.500 e. The SMILES string of the molecule is CC(C)(C)OC(=O)N[C@H]1CO[C@H](C#CO[Si](C)(C)C(C)(C)C)CC1O. The second-order valence-electron chi connectivity index (χ2n) is 8.99. The Bertz CT molecular complexity index is 524. The standard InChI is InChI=1S/C18H33NO5Si/c1-17(2,3)24-16(21)19-14-12-22-13(11-15(14)20)9-10-23-25(7,8)18(4,5)6/h13-15,20H,11-12H2,1-8H3,(H,19,21)/t13-,14+,15?/m1/s1. The first-order chi connectivity index (χ1) is 11.2. The molecule has 1 aliphatic rings. The average molecular weight is 372 g/mol. The molecule has 1 unspecified atom stereocenters. The normalized spacial score (nSPS) is 24.8. The fraction of sp³-hybridized carbons (Fsp3) is 0.833. The van der Waals surface area contributed by atoms with E-state index in [4.69, 9.17) is 13.9 Å². The van der Waals surface area contributed by atoms with Crippen LogP contribution in [0.1, 0.15) is 48.0 Å². The lowest BCUT2D eigenvalue weighted by atomic mass is 10.0. The van der Waals surface area contributed by atoms with Crippen LogP contribution in [0.3, 0.4) is 0 Å². The van der Waals surface area contributed by atoms with Gasteiger partial charge < -0.3 is 24.3 Å². The van der Waals surface area contributed by atoms with Gasteiger partial charge in [0.05, 0.1) is 24.9 Å². The lowest BCUT2D eigenvalue weighted by molar-refractivity contribution is -0.0454. The van der Waals surface area contributed by atoms with Crippen LogP contribution in [0.25, 0.3) is 0 Å². The number of rotatable bonds is 2. The minimum atomic E-state index is -1.93. The number of carbonyl (C=O) groups is 1. The van der Waals surface area contributed by atoms with E-state index in [0.29, 0.717) is 6.42 Å². The van der Waals surface area contributed by atoms with Crippen molar-refractivity contribution in [1.82, 2.24) is 5.32 Å². The summed E-state index contributed by atoms with van der Waals surface area (Å²) in [5, 5.41) is 12.9. The van der Waals surface area contributed by atoms with E-state index in [1.54, 1.807) is 20.8 Å². The summed E-state index contributed by atoms with van der Waals surface area (Å²) >= 11 is 0. The number of amides is 1. The van der Waals surface area contributed by atoms with Crippen molar-refractivity contribution < 1.29 is 23.8 Å². The first kappa shape index (κ1) is 21.8. The van der Waals surface area contributed by atoms with Crippen molar-refractivity contribution in [1.29, 1.82) is 0 Å². The lowest BCUT2D eigenvalue weighted by Gasteiger charge is -2.34. The van der Waals surface area contributed by atoms with Crippen molar-refractivity contribution in [3.8, 4) is 12.0 Å². The summed E-state index contributed by atoms with van der Waals surface area (Å²) in [7, 11) is -1.93. The maximum atomic E-state index is 11.8. The molecule has 0 aromatic heterocycles. The van der Waals surface area contributed by atoms with Gasteiger partial charge in [-0.15, -0.1) is 0 Å². The molecule has 2 N–H and O–H groups in total. The second kappa shape index (κ2) is 7.98. The molecule has 0 aliphatic carbocycles. The van der Waals surface area contributed by atoms with Gasteiger partial charge in [0.25, 0.3) is 8.32 Å². The van der Waals surface area contributed by atoms with Crippen LogP contribution in [0.4, 0.5) is 4.79 Å². The number of alkyl carbamates (subject to hydrolysis) is 1. The molecule has 1 heterocycles. The zero-order chi connectivity index (χ0) is 19.5. The molecule has 0 aromatic carbocycles. The Morgan fingerprint density at radius 1 is 1.24 bits per heavy atom. The quantitative estimate of drug-likeness (QED) is 0.576. The third-order valence-electron chi connectivity index (χ3n) is 4.43. The molecule has 0 aromatic rings. The van der Waals surface area contributed by atoms with Crippen LogP contribution < -0.4 is 5.32 Å². The predicted octanol–water partition coefficient (Wildman–Crippen LogP) is 3.01. The summed E-state index contributed by atoms with van der Waals surface area (Å²) in [5.41, 5.74) is -0.584. The number of ether oxygens (including phenoxy) is 2. The van der Waals surface area contributed by atoms with Gasteiger partial charge in [0, 0.05) is 6.42 Å². The highest BCUT2D eigenvalue weighted by molar-refractivity contribution is 6.74. The minimum absolute atomic E-state index is 0.0804. The van der Waals surface area contributed by atoms with Gasteiger partial charge in [-0.1, -0.05) is 20.8 Å². The Hall–Kier alpha value is -1.23. The monoisotopic (exact) mass is 371 g/mol. The Morgan fingerprint density at radius 3 is 2.32 bits per heavy atom. The van der Waals surface area contributed by atoms with E-state index in [9.17, 15) is 9.90 Å². The smallest absolute Gasteiger partial charge is 0.408 e. The summed E-state index contributed by atoms with van der Waals surface area (Å²) in [4.78, 5) is 11.8. The third kappa shape index (κ3) is 7.26. The number of carbonyl (C=O) groups excluding carboxylic acids is 1. The van der Waals surface area contributed by atoms with Gasteiger partial charge in [-0.05, 0) is 44.8 Å². The van der Waals surface area contributed by atoms with E-state index < -0.39 is 38.3 Å². The molecule has 1 aliphatic heterocycles. The maximum absolute atomic E-state index is 11.8. The van der Waals surface area contributed by atoms with Gasteiger partial charge in [0.1, 0.15) is 11.7 Å². The van der Waals surface area contributed by atoms with Crippen LogP contribution in [0, 0.1) is 12.0 Å². The summed E-state index contributed by atoms with van der Waals surface area (Å²) in [6.07, 6.45) is 1.37. The molecule has 7 heteroatoms. The Balaban J connectivity index is 2.52. The van der Waals surface area contributed by atoms with Crippen molar-refractivity contribution in [2.45, 2.75) is 89.9 Å². The highest BCUT2D eigenvalue weighted by Crippen LogP contribution is 2.36. The van der Waals surface area contributed by atoms with Crippen LogP contribution in [-0.4, -0.2) is 50.0 Å². The van der Waals surface area contributed by atoms with E-state index in [0.717, 1.165) is 0 Å². The van der Waals surface area contributed by atoms with Gasteiger partial charge in [-0.3, -0.25) is 0 Å². The molecule has 1 amide bonds. The van der Waals surface area contributed by atoms with Crippen molar-refractivity contribution in [3.05, 3.63) is 0 Å². The Kier molecular flexibility index (Phi) is 6.96. The summed E-state index contributed by atoms with van der Waals surface area (Å²) in [6, 6.07) is -0.505. The van der Waals surface area contributed by atoms with Crippen molar-refractivity contribution in [3.63, 3.8) is 0 Å². The Labute approximate surface area is 152 Å². The van der Waals surface area contributed by atoms with Gasteiger partial charge in [-0.25, -0.2) is 4.79 Å². The summed E-state index contributed by atoms with van der Waals surface area (Å²) in [6.45, 7) is 16.2. The molecular weight excluding hydrogens is 338 g/mol. The number of nitrogens with one attached hydrogen (secondary N) is 1. The highest BCUT2D eigenvalue weighted by atomic mass is 28.4. The maximum Gasteiger partial charge on any atom is 0.408 e. The topological polar surface area (TPSA) is 77.0 Å². The van der Waals surface area contributed by atoms with Crippen LogP contribution >= 0.6 is 0 Å². The van der Waals surface area contributed by atoms with E-state index in [1.807, 2.05) is 0 Å². The molecule has 25 heavy (non-hydrogen) atoms. The van der Waals surface area contributed by atoms with Gasteiger partial charge >= 0.3 is 6.09 Å². The molecule has 3 atom stereocenters. The second-order valence-corrected chi connectivity index (χ2v) is 13.7. The zero-order valence-corrected chi connectivity index (χ0v) is 17.7. The van der Waals surface area contributed by atoms with Gasteiger partial charge in [-0.2, -0.15) is 0 Å². The predicted molar refractivity (Wildman–Crippen MR) is 99.6 cm³/mol. The summed E-state index contributed by atoms with van der Waals surface area (Å²) in [5.74, 6) is 2.93. The van der Waals surface area contributed by atoms with Crippen LogP contribution in [0.5, 0.6) is 0 Å². The van der Waals surface area contributed by atoms with E-state index in [1.165, 1.54) is 0 Å². The molecule has 6 nitrogen and oxygen atoms in total. The molecule has 0 saturated carbocycles. The van der Waals surface area contributed by atoms with Gasteiger partial charge in [0.15, 0.2) is 0 Å². The number of hydrogen-bond donors (Lipinski definition) is 2. The first-order valence-corrected chi connectivity index (χ1v) is 11.6. The first-order valence-electron chi connectivity index (χ1n) is 8.69. The van der Waals surface area contributed by atoms with Gasteiger partial charge in [0.2, 0.25) is 0 Å². The van der Waals surface area contributed by atoms with Crippen molar-refractivity contribution in [2.24, 2.45) is 0 Å². The Morgan fingerprint density at radius 2 is 1.84 bits per heavy atom. The van der Waals surface area contributed by atoms with E-state index in [2.05, 4.69) is 51.2 Å². The number of hydrogen-bond acceptors (Lipinski definition) is 5. The average Bonchev–Trinajstić information content (AvgIpc) is 2.38. The molecule has 1 saturated heterocycles. The third-order valence-corrected chi connectivity index (χ3v) is 8.66. The molecule has 1 fully saturated rings. The van der Waals surface area contributed by atoms with Crippen LogP contribution in [-0.2, 0) is 13.9 Å².